The molecule has 0 saturated carbocycles. The van der Waals surface area contributed by atoms with E-state index in [2.05, 4.69) is 101 Å². The van der Waals surface area contributed by atoms with Crippen LogP contribution in [0.5, 0.6) is 0 Å². The van der Waals surface area contributed by atoms with Gasteiger partial charge in [0.05, 0.1) is 28.3 Å². The number of benzene rings is 4. The van der Waals surface area contributed by atoms with Gasteiger partial charge in [0.25, 0.3) is 7.12 Å². The average Bonchev–Trinajstić information content (AvgIpc) is 4.03. The van der Waals surface area contributed by atoms with Gasteiger partial charge in [-0.05, 0) is 68.2 Å². The summed E-state index contributed by atoms with van der Waals surface area (Å²) in [6.07, 6.45) is 0. The molecule has 0 N–H and O–H groups in total. The molecule has 0 bridgehead atoms. The number of aryl methyl sites for hydroxylation is 3. The van der Waals surface area contributed by atoms with Crippen molar-refractivity contribution in [3.05, 3.63) is 151 Å². The molecule has 0 aliphatic rings. The Hall–Kier alpha value is -6.26. The number of fused-ring (bicyclic) bond motifs is 1. The van der Waals surface area contributed by atoms with E-state index < -0.39 is 7.12 Å². The van der Waals surface area contributed by atoms with Gasteiger partial charge in [-0.3, -0.25) is 10.4 Å². The molecule has 14 heteroatoms. The van der Waals surface area contributed by atoms with Crippen molar-refractivity contribution in [3.8, 4) is 45.3 Å². The van der Waals surface area contributed by atoms with Crippen LogP contribution in [0.1, 0.15) is 17.1 Å². The Morgan fingerprint density at radius 1 is 0.558 bits per heavy atom. The van der Waals surface area contributed by atoms with E-state index in [9.17, 15) is 0 Å². The van der Waals surface area contributed by atoms with E-state index in [1.54, 1.807) is 0 Å². The fraction of sp³-hybridized carbons (Fsp3) is 0.0789. The van der Waals surface area contributed by atoms with Gasteiger partial charge in [0.15, 0.2) is 5.58 Å². The standard InChI is InChI=1S/C30H27BN6.C8H4N5O.Zn/c1-22-19-28(25-13-7-4-8-14-25)32-35(22)31(36-23(2)20-29(33-36)26-15-9-5-10-16-26)37-24(3)21-30(34-37)27-17-11-6-12-18-27;1-2-4-6-5(3-1)7(11-14-6)8-9-12-13-10-8;/h4-21H,1-3H3;1-4H;/q2*-1;+2. The van der Waals surface area contributed by atoms with E-state index in [0.717, 1.165) is 56.2 Å². The number of tetrazole rings is 1. The molecule has 5 aromatic heterocycles. The van der Waals surface area contributed by atoms with E-state index in [1.807, 2.05) is 92.6 Å². The van der Waals surface area contributed by atoms with Crippen LogP contribution in [0.15, 0.2) is 138 Å². The summed E-state index contributed by atoms with van der Waals surface area (Å²) < 4.78 is 11.1. The molecule has 5 heterocycles. The number of rotatable bonds is 7. The molecule has 4 aromatic carbocycles. The van der Waals surface area contributed by atoms with Crippen molar-refractivity contribution >= 4 is 18.1 Å². The maximum Gasteiger partial charge on any atom is 2.00 e. The van der Waals surface area contributed by atoms with E-state index in [1.165, 1.54) is 0 Å². The molecule has 0 spiro atoms. The van der Waals surface area contributed by atoms with Crippen molar-refractivity contribution < 1.29 is 24.0 Å². The molecule has 0 aliphatic heterocycles. The molecule has 0 amide bonds. The van der Waals surface area contributed by atoms with Crippen LogP contribution in [0, 0.1) is 20.8 Å². The summed E-state index contributed by atoms with van der Waals surface area (Å²) in [5.41, 5.74) is 10.3. The summed E-state index contributed by atoms with van der Waals surface area (Å²) in [7, 11) is -0.410. The van der Waals surface area contributed by atoms with Crippen LogP contribution in [-0.2, 0) is 19.5 Å². The van der Waals surface area contributed by atoms with Gasteiger partial charge >= 0.3 is 19.5 Å². The second kappa shape index (κ2) is 14.9. The quantitative estimate of drug-likeness (QED) is 0.163. The third-order valence-electron chi connectivity index (χ3n) is 8.54. The van der Waals surface area contributed by atoms with Crippen LogP contribution in [0.3, 0.4) is 0 Å². The Labute approximate surface area is 312 Å². The molecule has 12 nitrogen and oxygen atoms in total. The number of para-hydroxylation sites is 1. The molecular formula is C38H31BN11OZn. The molecule has 0 unspecified atom stereocenters. The molecule has 9 aromatic rings. The monoisotopic (exact) mass is 732 g/mol. The van der Waals surface area contributed by atoms with Gasteiger partial charge in [0.1, 0.15) is 5.69 Å². The first-order valence-electron chi connectivity index (χ1n) is 16.4. The SMILES string of the molecule is Cc1cc(-c2ccccc2)nn1[B-](n1nc(-c2ccccc2)cc1C)n1nc(-c2ccccc2)cc1C.[Zn+2].c1ccc2c(-c3nn[n-]n3)noc2c1. The summed E-state index contributed by atoms with van der Waals surface area (Å²) in [5.74, 6) is 0.384. The van der Waals surface area contributed by atoms with Gasteiger partial charge in [0.2, 0.25) is 0 Å². The molecule has 0 fully saturated rings. The predicted molar refractivity (Wildman–Crippen MR) is 195 cm³/mol. The zero-order chi connectivity index (χ0) is 34.7. The Morgan fingerprint density at radius 3 is 1.40 bits per heavy atom. The number of nitrogens with zero attached hydrogens (tertiary/aromatic N) is 11. The smallest absolute Gasteiger partial charge is 0.422 e. The second-order valence-electron chi connectivity index (χ2n) is 12.0. The van der Waals surface area contributed by atoms with Crippen LogP contribution >= 0.6 is 0 Å². The maximum absolute atomic E-state index is 5.09. The van der Waals surface area contributed by atoms with E-state index in [0.29, 0.717) is 17.1 Å². The summed E-state index contributed by atoms with van der Waals surface area (Å²) in [6.45, 7) is 6.25. The van der Waals surface area contributed by atoms with Crippen molar-refractivity contribution in [2.45, 2.75) is 20.8 Å². The Bertz CT molecular complexity index is 2330. The minimum absolute atomic E-state index is 0. The number of aromatic nitrogens is 11. The van der Waals surface area contributed by atoms with E-state index >= 15 is 0 Å². The molecule has 1 radical (unpaired) electrons. The minimum Gasteiger partial charge on any atom is -0.422 e. The first-order chi connectivity index (χ1) is 25.0. The summed E-state index contributed by atoms with van der Waals surface area (Å²) >= 11 is 0. The summed E-state index contributed by atoms with van der Waals surface area (Å²) in [4.78, 5) is 0. The zero-order valence-corrected chi connectivity index (χ0v) is 31.8. The van der Waals surface area contributed by atoms with Crippen LogP contribution < -0.4 is 5.21 Å². The van der Waals surface area contributed by atoms with Gasteiger partial charge < -0.3 is 23.4 Å². The van der Waals surface area contributed by atoms with Gasteiger partial charge in [0, 0.05) is 16.7 Å². The molecule has 0 atom stereocenters. The Balaban J connectivity index is 0.000000234. The third-order valence-corrected chi connectivity index (χ3v) is 8.54. The fourth-order valence-electron chi connectivity index (χ4n) is 6.01. The van der Waals surface area contributed by atoms with Crippen molar-refractivity contribution in [1.82, 2.24) is 54.9 Å². The molecule has 52 heavy (non-hydrogen) atoms. The average molecular weight is 734 g/mol. The number of hydrogen-bond donors (Lipinski definition) is 0. The largest absolute Gasteiger partial charge is 2.00 e. The molecule has 249 valence electrons. The predicted octanol–water partition coefficient (Wildman–Crippen LogP) is 6.77. The third kappa shape index (κ3) is 6.76. The van der Waals surface area contributed by atoms with Crippen LogP contribution in [0.4, 0.5) is 0 Å². The maximum atomic E-state index is 5.09. The fourth-order valence-corrected chi connectivity index (χ4v) is 6.01. The van der Waals surface area contributed by atoms with Crippen LogP contribution in [-0.4, -0.2) is 56.8 Å². The van der Waals surface area contributed by atoms with Crippen LogP contribution in [0.25, 0.3) is 56.3 Å². The molecular weight excluding hydrogens is 703 g/mol. The molecule has 0 saturated heterocycles. The first kappa shape index (κ1) is 34.2. The summed E-state index contributed by atoms with van der Waals surface area (Å²) in [6, 6.07) is 44.6. The van der Waals surface area contributed by atoms with Gasteiger partial charge in [-0.1, -0.05) is 108 Å². The first-order valence-corrected chi connectivity index (χ1v) is 16.4. The summed E-state index contributed by atoms with van der Waals surface area (Å²) in [5, 5.41) is 34.2. The molecule has 9 rings (SSSR count). The van der Waals surface area contributed by atoms with E-state index in [4.69, 9.17) is 19.8 Å². The number of hydrogen-bond acceptors (Lipinski definition) is 8. The van der Waals surface area contributed by atoms with Gasteiger partial charge in [-0.2, -0.15) is 0 Å². The topological polar surface area (TPSA) is 132 Å². The second-order valence-corrected chi connectivity index (χ2v) is 12.0. The van der Waals surface area contributed by atoms with Gasteiger partial charge in [-0.25, -0.2) is 20.4 Å². The van der Waals surface area contributed by atoms with Crippen molar-refractivity contribution in [2.24, 2.45) is 0 Å². The normalized spacial score (nSPS) is 11.0. The van der Waals surface area contributed by atoms with Crippen molar-refractivity contribution in [2.75, 3.05) is 0 Å². The zero-order valence-electron chi connectivity index (χ0n) is 28.8. The Morgan fingerprint density at radius 2 is 0.981 bits per heavy atom. The Kier molecular flexibility index (Phi) is 9.81. The minimum atomic E-state index is -0.410. The van der Waals surface area contributed by atoms with Gasteiger partial charge in [-0.15, -0.1) is 0 Å². The van der Waals surface area contributed by atoms with Crippen molar-refractivity contribution in [1.29, 1.82) is 0 Å². The van der Waals surface area contributed by atoms with E-state index in [-0.39, 0.29) is 19.5 Å². The van der Waals surface area contributed by atoms with Crippen molar-refractivity contribution in [3.63, 3.8) is 0 Å². The molecule has 0 aliphatic carbocycles. The van der Waals surface area contributed by atoms with Crippen LogP contribution in [0.2, 0.25) is 0 Å².